The normalized spacial score (nSPS) is 11.6. The molecule has 0 aliphatic carbocycles. The smallest absolute Gasteiger partial charge is 0.162 e. The Labute approximate surface area is 253 Å². The van der Waals surface area contributed by atoms with Gasteiger partial charge >= 0.3 is 0 Å². The lowest BCUT2D eigenvalue weighted by Gasteiger charge is -2.12. The molecule has 0 radical (unpaired) electrons. The van der Waals surface area contributed by atoms with Gasteiger partial charge in [-0.1, -0.05) is 97.1 Å². The van der Waals surface area contributed by atoms with E-state index in [0.29, 0.717) is 5.82 Å². The third kappa shape index (κ3) is 3.76. The number of nitrogens with zero attached hydrogens (tertiary/aromatic N) is 5. The summed E-state index contributed by atoms with van der Waals surface area (Å²) >= 11 is 0. The first kappa shape index (κ1) is 24.5. The molecule has 206 valence electrons. The van der Waals surface area contributed by atoms with E-state index in [0.717, 1.165) is 55.8 Å². The number of benzene rings is 5. The molecule has 44 heavy (non-hydrogen) atoms. The monoisotopic (exact) mass is 563 g/mol. The van der Waals surface area contributed by atoms with Gasteiger partial charge in [0.2, 0.25) is 0 Å². The van der Waals surface area contributed by atoms with E-state index in [4.69, 9.17) is 15.0 Å². The molecule has 0 unspecified atom stereocenters. The van der Waals surface area contributed by atoms with Crippen molar-refractivity contribution >= 4 is 43.7 Å². The number of aromatic nitrogens is 5. The fourth-order valence-electron chi connectivity index (χ4n) is 6.42. The summed E-state index contributed by atoms with van der Waals surface area (Å²) in [7, 11) is 0. The van der Waals surface area contributed by atoms with Crippen LogP contribution in [0.1, 0.15) is 0 Å². The van der Waals surface area contributed by atoms with Crippen LogP contribution in [0.5, 0.6) is 0 Å². The molecule has 0 aliphatic rings. The molecule has 4 aromatic heterocycles. The highest BCUT2D eigenvalue weighted by molar-refractivity contribution is 6.18. The molecule has 5 nitrogen and oxygen atoms in total. The van der Waals surface area contributed by atoms with Crippen LogP contribution in [-0.2, 0) is 0 Å². The third-order valence-corrected chi connectivity index (χ3v) is 8.37. The Balaban J connectivity index is 1.41. The lowest BCUT2D eigenvalue weighted by atomic mass is 10.1. The van der Waals surface area contributed by atoms with Crippen LogP contribution in [0.3, 0.4) is 0 Å². The van der Waals surface area contributed by atoms with E-state index in [9.17, 15) is 0 Å². The summed E-state index contributed by atoms with van der Waals surface area (Å²) in [6, 6.07) is 50.5. The Morgan fingerprint density at radius 3 is 1.89 bits per heavy atom. The average Bonchev–Trinajstić information content (AvgIpc) is 3.60. The van der Waals surface area contributed by atoms with Gasteiger partial charge in [-0.05, 0) is 42.5 Å². The van der Waals surface area contributed by atoms with Crippen LogP contribution in [-0.4, -0.2) is 24.1 Å². The van der Waals surface area contributed by atoms with Crippen molar-refractivity contribution in [3.05, 3.63) is 152 Å². The summed E-state index contributed by atoms with van der Waals surface area (Å²) in [4.78, 5) is 15.1. The minimum absolute atomic E-state index is 0.681. The van der Waals surface area contributed by atoms with Gasteiger partial charge in [0.1, 0.15) is 5.82 Å². The van der Waals surface area contributed by atoms with E-state index in [-0.39, 0.29) is 0 Å². The van der Waals surface area contributed by atoms with Gasteiger partial charge in [0.25, 0.3) is 0 Å². The van der Waals surface area contributed by atoms with Crippen LogP contribution in [0.4, 0.5) is 0 Å². The minimum Gasteiger partial charge on any atom is -0.309 e. The topological polar surface area (TPSA) is 48.5 Å². The molecular weight excluding hydrogens is 538 g/mol. The van der Waals surface area contributed by atoms with Crippen LogP contribution in [0, 0.1) is 0 Å². The van der Waals surface area contributed by atoms with E-state index in [1.54, 1.807) is 0 Å². The van der Waals surface area contributed by atoms with Crippen molar-refractivity contribution in [2.24, 2.45) is 0 Å². The Morgan fingerprint density at radius 1 is 0.432 bits per heavy atom. The second-order valence-corrected chi connectivity index (χ2v) is 10.9. The highest BCUT2D eigenvalue weighted by Crippen LogP contribution is 2.39. The zero-order valence-corrected chi connectivity index (χ0v) is 23.7. The standard InChI is InChI=1S/C39H25N5/c1-4-13-26(14-5-1)32-24-37(42-39(41-32)27-15-6-2-7-16-27)44-34-21-12-22-40-38(34)31-23-30-29-19-10-11-20-33(29)43(35(30)25-36(31)44)28-17-8-3-9-18-28/h1-25H. The molecular formula is C39H25N5. The molecule has 0 fully saturated rings. The quantitative estimate of drug-likeness (QED) is 0.214. The van der Waals surface area contributed by atoms with Gasteiger partial charge in [-0.25, -0.2) is 9.97 Å². The predicted molar refractivity (Wildman–Crippen MR) is 179 cm³/mol. The van der Waals surface area contributed by atoms with Crippen molar-refractivity contribution < 1.29 is 0 Å². The fraction of sp³-hybridized carbons (Fsp3) is 0. The Hall–Kier alpha value is -6.07. The van der Waals surface area contributed by atoms with Crippen molar-refractivity contribution in [1.29, 1.82) is 0 Å². The number of rotatable bonds is 4. The Kier molecular flexibility index (Phi) is 5.43. The van der Waals surface area contributed by atoms with E-state index in [1.807, 2.05) is 48.7 Å². The highest BCUT2D eigenvalue weighted by atomic mass is 15.1. The molecule has 9 aromatic rings. The van der Waals surface area contributed by atoms with Crippen molar-refractivity contribution in [3.8, 4) is 34.2 Å². The molecule has 0 saturated carbocycles. The number of pyridine rings is 1. The SMILES string of the molecule is c1ccc(-c2cc(-n3c4cc5c(cc4c4ncccc43)c3ccccc3n5-c3ccccc3)nc(-c3ccccc3)n2)cc1. The molecule has 0 N–H and O–H groups in total. The first-order chi connectivity index (χ1) is 21.8. The van der Waals surface area contributed by atoms with Crippen molar-refractivity contribution in [2.75, 3.05) is 0 Å². The molecule has 0 bridgehead atoms. The van der Waals surface area contributed by atoms with Crippen molar-refractivity contribution in [2.45, 2.75) is 0 Å². The Morgan fingerprint density at radius 2 is 1.09 bits per heavy atom. The van der Waals surface area contributed by atoms with Crippen LogP contribution < -0.4 is 0 Å². The van der Waals surface area contributed by atoms with Crippen LogP contribution in [0.2, 0.25) is 0 Å². The lowest BCUT2D eigenvalue weighted by molar-refractivity contribution is 1.05. The van der Waals surface area contributed by atoms with Gasteiger partial charge in [-0.15, -0.1) is 0 Å². The molecule has 5 aromatic carbocycles. The van der Waals surface area contributed by atoms with Crippen LogP contribution in [0.25, 0.3) is 77.9 Å². The van der Waals surface area contributed by atoms with Crippen molar-refractivity contribution in [3.63, 3.8) is 0 Å². The fourth-order valence-corrected chi connectivity index (χ4v) is 6.42. The van der Waals surface area contributed by atoms with E-state index in [2.05, 4.69) is 112 Å². The van der Waals surface area contributed by atoms with Crippen molar-refractivity contribution in [1.82, 2.24) is 24.1 Å². The Bertz CT molecular complexity index is 2420. The number of hydrogen-bond acceptors (Lipinski definition) is 3. The summed E-state index contributed by atoms with van der Waals surface area (Å²) < 4.78 is 4.59. The molecule has 0 atom stereocenters. The molecule has 9 rings (SSSR count). The summed E-state index contributed by atoms with van der Waals surface area (Å²) in [6.07, 6.45) is 1.87. The number of hydrogen-bond donors (Lipinski definition) is 0. The largest absolute Gasteiger partial charge is 0.309 e. The molecule has 0 spiro atoms. The van der Waals surface area contributed by atoms with Gasteiger partial charge in [0, 0.05) is 45.2 Å². The minimum atomic E-state index is 0.681. The van der Waals surface area contributed by atoms with Crippen LogP contribution in [0.15, 0.2) is 152 Å². The summed E-state index contributed by atoms with van der Waals surface area (Å²) in [5.74, 6) is 1.48. The summed E-state index contributed by atoms with van der Waals surface area (Å²) in [5.41, 5.74) is 9.30. The first-order valence-corrected chi connectivity index (χ1v) is 14.7. The predicted octanol–water partition coefficient (Wildman–Crippen LogP) is 9.40. The third-order valence-electron chi connectivity index (χ3n) is 8.37. The first-order valence-electron chi connectivity index (χ1n) is 14.7. The molecule has 4 heterocycles. The molecule has 0 saturated heterocycles. The van der Waals surface area contributed by atoms with E-state index >= 15 is 0 Å². The zero-order valence-electron chi connectivity index (χ0n) is 23.7. The number of para-hydroxylation sites is 2. The summed E-state index contributed by atoms with van der Waals surface area (Å²) in [6.45, 7) is 0. The van der Waals surface area contributed by atoms with Crippen LogP contribution >= 0.6 is 0 Å². The second kappa shape index (κ2) is 9.75. The molecule has 5 heteroatoms. The second-order valence-electron chi connectivity index (χ2n) is 10.9. The maximum absolute atomic E-state index is 5.19. The van der Waals surface area contributed by atoms with Gasteiger partial charge in [0.15, 0.2) is 5.82 Å². The zero-order chi connectivity index (χ0) is 29.0. The lowest BCUT2D eigenvalue weighted by Crippen LogP contribution is -2.02. The number of fused-ring (bicyclic) bond motifs is 6. The van der Waals surface area contributed by atoms with Gasteiger partial charge in [0.05, 0.1) is 33.3 Å². The van der Waals surface area contributed by atoms with Gasteiger partial charge < -0.3 is 4.57 Å². The van der Waals surface area contributed by atoms with E-state index < -0.39 is 0 Å². The van der Waals surface area contributed by atoms with E-state index in [1.165, 1.54) is 16.3 Å². The highest BCUT2D eigenvalue weighted by Gasteiger charge is 2.20. The summed E-state index contributed by atoms with van der Waals surface area (Å²) in [5, 5.41) is 3.49. The van der Waals surface area contributed by atoms with Gasteiger partial charge in [-0.3, -0.25) is 9.55 Å². The molecule has 0 amide bonds. The van der Waals surface area contributed by atoms with Gasteiger partial charge in [-0.2, -0.15) is 0 Å². The maximum Gasteiger partial charge on any atom is 0.162 e. The maximum atomic E-state index is 5.19. The molecule has 0 aliphatic heterocycles. The average molecular weight is 564 g/mol.